The molecule has 0 aromatic heterocycles. The molecule has 2 aliphatic rings. The van der Waals surface area contributed by atoms with Crippen LogP contribution in [0.25, 0.3) is 0 Å². The first-order valence-corrected chi connectivity index (χ1v) is 9.84. The van der Waals surface area contributed by atoms with Crippen molar-refractivity contribution in [1.29, 1.82) is 0 Å². The summed E-state index contributed by atoms with van der Waals surface area (Å²) >= 11 is 0. The fraction of sp³-hybridized carbons (Fsp3) is 0.895. The molecule has 2 fully saturated rings. The smallest absolute Gasteiger partial charge is 0.317 e. The van der Waals surface area contributed by atoms with E-state index in [0.29, 0.717) is 12.6 Å². The van der Waals surface area contributed by atoms with E-state index >= 15 is 0 Å². The summed E-state index contributed by atoms with van der Waals surface area (Å²) in [6, 6.07) is 0.626. The second-order valence-corrected chi connectivity index (χ2v) is 8.19. The van der Waals surface area contributed by atoms with Crippen LogP contribution in [0.1, 0.15) is 58.8 Å². The molecule has 0 aromatic carbocycles. The number of likely N-dealkylation sites (tertiary alicyclic amines) is 1. The molecule has 0 bridgehead atoms. The van der Waals surface area contributed by atoms with Crippen LogP contribution >= 0.6 is 0 Å². The van der Waals surface area contributed by atoms with Crippen LogP contribution < -0.4 is 5.32 Å². The van der Waals surface area contributed by atoms with Crippen LogP contribution in [0.5, 0.6) is 0 Å². The standard InChI is InChI=1S/C19H35N3O3/c1-14(2)15-6-8-16(9-7-15)20-19(25)22-11-4-5-17(10-12-22)21(3)13-18(23)24/h14-17H,4-13H2,1-3H3,(H,20,25)(H,23,24). The molecule has 1 aliphatic carbocycles. The SMILES string of the molecule is CC(C)C1CCC(NC(=O)N2CCCC(N(C)CC(=O)O)CC2)CC1. The molecule has 1 aliphatic heterocycles. The number of carboxylic acids is 1. The molecule has 2 amide bonds. The predicted molar refractivity (Wildman–Crippen MR) is 98.6 cm³/mol. The van der Waals surface area contributed by atoms with Gasteiger partial charge in [0.2, 0.25) is 0 Å². The van der Waals surface area contributed by atoms with Gasteiger partial charge in [0.15, 0.2) is 0 Å². The number of carbonyl (C=O) groups excluding carboxylic acids is 1. The molecule has 144 valence electrons. The van der Waals surface area contributed by atoms with Gasteiger partial charge in [-0.15, -0.1) is 0 Å². The lowest BCUT2D eigenvalue weighted by atomic mass is 9.80. The number of carbonyl (C=O) groups is 2. The number of nitrogens with one attached hydrogen (secondary N) is 1. The minimum atomic E-state index is -0.793. The van der Waals surface area contributed by atoms with E-state index in [-0.39, 0.29) is 18.6 Å². The number of urea groups is 1. The van der Waals surface area contributed by atoms with E-state index < -0.39 is 5.97 Å². The Kier molecular flexibility index (Phi) is 7.54. The number of nitrogens with zero attached hydrogens (tertiary/aromatic N) is 2. The predicted octanol–water partition coefficient (Wildman–Crippen LogP) is 2.78. The van der Waals surface area contributed by atoms with Crippen LogP contribution in [-0.2, 0) is 4.79 Å². The molecule has 1 heterocycles. The Bertz CT molecular complexity index is 447. The van der Waals surface area contributed by atoms with Gasteiger partial charge < -0.3 is 15.3 Å². The first-order chi connectivity index (χ1) is 11.9. The van der Waals surface area contributed by atoms with Gasteiger partial charge in [0.25, 0.3) is 0 Å². The third kappa shape index (κ3) is 6.17. The normalized spacial score (nSPS) is 28.0. The summed E-state index contributed by atoms with van der Waals surface area (Å²) in [5, 5.41) is 12.2. The lowest BCUT2D eigenvalue weighted by Crippen LogP contribution is -2.46. The summed E-state index contributed by atoms with van der Waals surface area (Å²) < 4.78 is 0. The van der Waals surface area contributed by atoms with Gasteiger partial charge in [0.05, 0.1) is 6.54 Å². The van der Waals surface area contributed by atoms with Gasteiger partial charge in [-0.25, -0.2) is 4.79 Å². The van der Waals surface area contributed by atoms with Crippen molar-refractivity contribution in [2.24, 2.45) is 11.8 Å². The summed E-state index contributed by atoms with van der Waals surface area (Å²) in [6.07, 6.45) is 7.33. The van der Waals surface area contributed by atoms with Crippen molar-refractivity contribution in [1.82, 2.24) is 15.1 Å². The minimum Gasteiger partial charge on any atom is -0.480 e. The molecule has 2 N–H and O–H groups in total. The van der Waals surface area contributed by atoms with Crippen LogP contribution in [-0.4, -0.2) is 65.7 Å². The third-order valence-electron chi connectivity index (χ3n) is 6.04. The zero-order valence-corrected chi connectivity index (χ0v) is 16.0. The van der Waals surface area contributed by atoms with E-state index in [4.69, 9.17) is 5.11 Å². The van der Waals surface area contributed by atoms with Crippen molar-refractivity contribution in [3.05, 3.63) is 0 Å². The summed E-state index contributed by atoms with van der Waals surface area (Å²) in [5.74, 6) is 0.747. The number of rotatable bonds is 5. The highest BCUT2D eigenvalue weighted by molar-refractivity contribution is 5.74. The Balaban J connectivity index is 1.76. The highest BCUT2D eigenvalue weighted by atomic mass is 16.4. The topological polar surface area (TPSA) is 72.9 Å². The Morgan fingerprint density at radius 2 is 1.80 bits per heavy atom. The number of likely N-dealkylation sites (N-methyl/N-ethyl adjacent to an activating group) is 1. The van der Waals surface area contributed by atoms with Crippen LogP contribution in [0.2, 0.25) is 0 Å². The molecule has 6 heteroatoms. The van der Waals surface area contributed by atoms with Gasteiger partial charge in [-0.2, -0.15) is 0 Å². The number of aliphatic carboxylic acids is 1. The quantitative estimate of drug-likeness (QED) is 0.797. The molecule has 1 saturated heterocycles. The molecular formula is C19H35N3O3. The lowest BCUT2D eigenvalue weighted by molar-refractivity contribution is -0.138. The van der Waals surface area contributed by atoms with Gasteiger partial charge >= 0.3 is 12.0 Å². The fourth-order valence-corrected chi connectivity index (χ4v) is 4.26. The highest BCUT2D eigenvalue weighted by Gasteiger charge is 2.27. The Morgan fingerprint density at radius 3 is 2.40 bits per heavy atom. The van der Waals surface area contributed by atoms with E-state index in [1.54, 1.807) is 0 Å². The first kappa shape index (κ1) is 20.0. The second-order valence-electron chi connectivity index (χ2n) is 8.19. The maximum Gasteiger partial charge on any atom is 0.317 e. The summed E-state index contributed by atoms with van der Waals surface area (Å²) in [6.45, 7) is 6.12. The van der Waals surface area contributed by atoms with Crippen molar-refractivity contribution >= 4 is 12.0 Å². The van der Waals surface area contributed by atoms with E-state index in [1.165, 1.54) is 12.8 Å². The summed E-state index contributed by atoms with van der Waals surface area (Å²) in [5.41, 5.74) is 0. The average molecular weight is 354 g/mol. The largest absolute Gasteiger partial charge is 0.480 e. The van der Waals surface area contributed by atoms with E-state index in [0.717, 1.165) is 50.5 Å². The molecule has 1 unspecified atom stereocenters. The molecular weight excluding hydrogens is 318 g/mol. The van der Waals surface area contributed by atoms with Crippen LogP contribution in [0, 0.1) is 11.8 Å². The van der Waals surface area contributed by atoms with Crippen LogP contribution in [0.4, 0.5) is 4.79 Å². The van der Waals surface area contributed by atoms with E-state index in [9.17, 15) is 9.59 Å². The summed E-state index contributed by atoms with van der Waals surface area (Å²) in [4.78, 5) is 27.3. The molecule has 0 radical (unpaired) electrons. The zero-order valence-electron chi connectivity index (χ0n) is 16.0. The molecule has 0 spiro atoms. The van der Waals surface area contributed by atoms with Crippen molar-refractivity contribution in [3.63, 3.8) is 0 Å². The van der Waals surface area contributed by atoms with Crippen molar-refractivity contribution in [3.8, 4) is 0 Å². The van der Waals surface area contributed by atoms with Gasteiger partial charge in [-0.05, 0) is 63.8 Å². The second kappa shape index (κ2) is 9.41. The lowest BCUT2D eigenvalue weighted by Gasteiger charge is -2.33. The maximum absolute atomic E-state index is 12.6. The highest BCUT2D eigenvalue weighted by Crippen LogP contribution is 2.30. The molecule has 2 rings (SSSR count). The van der Waals surface area contributed by atoms with Crippen molar-refractivity contribution in [2.45, 2.75) is 70.9 Å². The minimum absolute atomic E-state index is 0.0644. The molecule has 1 atom stereocenters. The van der Waals surface area contributed by atoms with Crippen LogP contribution in [0.15, 0.2) is 0 Å². The van der Waals surface area contributed by atoms with E-state index in [1.807, 2.05) is 16.8 Å². The summed E-state index contributed by atoms with van der Waals surface area (Å²) in [7, 11) is 1.86. The van der Waals surface area contributed by atoms with Gasteiger partial charge in [-0.1, -0.05) is 13.8 Å². The Hall–Kier alpha value is -1.30. The van der Waals surface area contributed by atoms with Crippen LogP contribution in [0.3, 0.4) is 0 Å². The van der Waals surface area contributed by atoms with Gasteiger partial charge in [0.1, 0.15) is 0 Å². The molecule has 25 heavy (non-hydrogen) atoms. The number of hydrogen-bond donors (Lipinski definition) is 2. The Morgan fingerprint density at radius 1 is 1.12 bits per heavy atom. The number of carboxylic acid groups (broad SMARTS) is 1. The molecule has 1 saturated carbocycles. The van der Waals surface area contributed by atoms with Gasteiger partial charge in [0, 0.05) is 25.2 Å². The van der Waals surface area contributed by atoms with E-state index in [2.05, 4.69) is 19.2 Å². The fourth-order valence-electron chi connectivity index (χ4n) is 4.26. The number of amides is 2. The maximum atomic E-state index is 12.6. The van der Waals surface area contributed by atoms with Crippen molar-refractivity contribution < 1.29 is 14.7 Å². The molecule has 0 aromatic rings. The monoisotopic (exact) mass is 353 g/mol. The molecule has 6 nitrogen and oxygen atoms in total. The first-order valence-electron chi connectivity index (χ1n) is 9.84. The third-order valence-corrected chi connectivity index (χ3v) is 6.04. The number of hydrogen-bond acceptors (Lipinski definition) is 3. The van der Waals surface area contributed by atoms with Crippen molar-refractivity contribution in [2.75, 3.05) is 26.7 Å². The van der Waals surface area contributed by atoms with Gasteiger partial charge in [-0.3, -0.25) is 9.69 Å². The zero-order chi connectivity index (χ0) is 18.4. The Labute approximate surface area is 151 Å². The average Bonchev–Trinajstić information content (AvgIpc) is 2.81.